The van der Waals surface area contributed by atoms with Gasteiger partial charge in [0.25, 0.3) is 0 Å². The second-order valence-electron chi connectivity index (χ2n) is 3.21. The Hall–Kier alpha value is -0.780. The Balaban J connectivity index is 3.11. The summed E-state index contributed by atoms with van der Waals surface area (Å²) in [6.45, 7) is 0.0914. The summed E-state index contributed by atoms with van der Waals surface area (Å²) in [6.07, 6.45) is 1.83. The van der Waals surface area contributed by atoms with Crippen LogP contribution in [0.1, 0.15) is 25.7 Å². The third kappa shape index (κ3) is 9.52. The number of carbonyl (C=O) groups excluding carboxylic acids is 2. The molecule has 0 fully saturated rings. The highest BCUT2D eigenvalue weighted by Crippen LogP contribution is 1.95. The molecule has 0 aromatic rings. The molecule has 88 valence electrons. The first kappa shape index (κ1) is 14.2. The van der Waals surface area contributed by atoms with Gasteiger partial charge in [-0.05, 0) is 12.8 Å². The van der Waals surface area contributed by atoms with E-state index in [9.17, 15) is 9.59 Å². The number of rotatable bonds is 10. The third-order valence-electron chi connectivity index (χ3n) is 1.84. The van der Waals surface area contributed by atoms with Crippen LogP contribution in [0.5, 0.6) is 0 Å². The van der Waals surface area contributed by atoms with Gasteiger partial charge in [-0.3, -0.25) is 9.59 Å². The lowest BCUT2D eigenvalue weighted by Crippen LogP contribution is -2.07. The van der Waals surface area contributed by atoms with E-state index in [1.165, 1.54) is 0 Å². The van der Waals surface area contributed by atoms with Crippen molar-refractivity contribution < 1.29 is 24.5 Å². The Bertz CT molecular complexity index is 170. The highest BCUT2D eigenvalue weighted by Gasteiger charge is 2.00. The number of carbonyl (C=O) groups is 2. The maximum Gasteiger partial charge on any atom is 0.158 e. The van der Waals surface area contributed by atoms with E-state index in [4.69, 9.17) is 14.9 Å². The molecule has 0 heterocycles. The predicted octanol–water partition coefficient (Wildman–Crippen LogP) is -0.314. The lowest BCUT2D eigenvalue weighted by Gasteiger charge is -2.02. The molecule has 0 saturated heterocycles. The molecule has 0 unspecified atom stereocenters. The molecular weight excluding hydrogens is 200 g/mol. The molecule has 15 heavy (non-hydrogen) atoms. The smallest absolute Gasteiger partial charge is 0.158 e. The minimum absolute atomic E-state index is 0.186. The molecule has 0 aromatic carbocycles. The van der Waals surface area contributed by atoms with Crippen LogP contribution in [0.15, 0.2) is 0 Å². The van der Waals surface area contributed by atoms with Crippen LogP contribution in [0.2, 0.25) is 0 Å². The highest BCUT2D eigenvalue weighted by molar-refractivity contribution is 5.79. The molecule has 0 aliphatic rings. The molecule has 0 aliphatic carbocycles. The van der Waals surface area contributed by atoms with Crippen molar-refractivity contribution in [1.29, 1.82) is 0 Å². The number of aliphatic hydroxyl groups is 2. The molecule has 0 rings (SSSR count). The zero-order valence-corrected chi connectivity index (χ0v) is 8.78. The van der Waals surface area contributed by atoms with E-state index in [1.54, 1.807) is 0 Å². The zero-order valence-electron chi connectivity index (χ0n) is 8.78. The van der Waals surface area contributed by atoms with Gasteiger partial charge in [0.2, 0.25) is 0 Å². The van der Waals surface area contributed by atoms with Crippen LogP contribution in [0.3, 0.4) is 0 Å². The van der Waals surface area contributed by atoms with Crippen LogP contribution in [-0.2, 0) is 14.3 Å². The van der Waals surface area contributed by atoms with Crippen LogP contribution in [0.4, 0.5) is 0 Å². The Morgan fingerprint density at radius 1 is 0.867 bits per heavy atom. The quantitative estimate of drug-likeness (QED) is 0.491. The van der Waals surface area contributed by atoms with Crippen molar-refractivity contribution in [3.63, 3.8) is 0 Å². The normalized spacial score (nSPS) is 10.3. The van der Waals surface area contributed by atoms with Crippen molar-refractivity contribution >= 4 is 11.6 Å². The van der Waals surface area contributed by atoms with Gasteiger partial charge in [0.1, 0.15) is 13.2 Å². The SMILES string of the molecule is O=C(CO)CCCOCCCC(=O)CO. The zero-order chi connectivity index (χ0) is 11.5. The molecule has 5 heteroatoms. The molecule has 0 aliphatic heterocycles. The summed E-state index contributed by atoms with van der Waals surface area (Å²) in [5, 5.41) is 16.8. The molecule has 5 nitrogen and oxygen atoms in total. The first-order valence-corrected chi connectivity index (χ1v) is 5.03. The van der Waals surface area contributed by atoms with Gasteiger partial charge in [0, 0.05) is 26.1 Å². The number of ketones is 2. The van der Waals surface area contributed by atoms with Gasteiger partial charge in [-0.2, -0.15) is 0 Å². The average molecular weight is 218 g/mol. The molecule has 0 amide bonds. The summed E-state index contributed by atoms with van der Waals surface area (Å²) >= 11 is 0. The number of hydrogen-bond acceptors (Lipinski definition) is 5. The van der Waals surface area contributed by atoms with Crippen molar-refractivity contribution in [1.82, 2.24) is 0 Å². The van der Waals surface area contributed by atoms with Gasteiger partial charge < -0.3 is 14.9 Å². The van der Waals surface area contributed by atoms with Crippen molar-refractivity contribution in [3.8, 4) is 0 Å². The fraction of sp³-hybridized carbons (Fsp3) is 0.800. The van der Waals surface area contributed by atoms with Gasteiger partial charge in [-0.15, -0.1) is 0 Å². The lowest BCUT2D eigenvalue weighted by atomic mass is 10.2. The van der Waals surface area contributed by atoms with Crippen LogP contribution < -0.4 is 0 Å². The average Bonchev–Trinajstić information content (AvgIpc) is 2.26. The van der Waals surface area contributed by atoms with Gasteiger partial charge in [-0.25, -0.2) is 0 Å². The van der Waals surface area contributed by atoms with E-state index in [-0.39, 0.29) is 11.6 Å². The Kier molecular flexibility index (Phi) is 9.26. The number of Topliss-reactive ketones (excluding diaryl/α,β-unsaturated/α-hetero) is 2. The van der Waals surface area contributed by atoms with Crippen molar-refractivity contribution in [2.24, 2.45) is 0 Å². The van der Waals surface area contributed by atoms with Crippen LogP contribution >= 0.6 is 0 Å². The van der Waals surface area contributed by atoms with E-state index in [1.807, 2.05) is 0 Å². The molecule has 0 aromatic heterocycles. The maximum atomic E-state index is 10.7. The summed E-state index contributed by atoms with van der Waals surface area (Å²) < 4.78 is 5.16. The lowest BCUT2D eigenvalue weighted by molar-refractivity contribution is -0.122. The summed E-state index contributed by atoms with van der Waals surface area (Å²) in [7, 11) is 0. The third-order valence-corrected chi connectivity index (χ3v) is 1.84. The fourth-order valence-corrected chi connectivity index (χ4v) is 1.00. The van der Waals surface area contributed by atoms with E-state index >= 15 is 0 Å². The van der Waals surface area contributed by atoms with E-state index in [0.717, 1.165) is 0 Å². The standard InChI is InChI=1S/C10H18O5/c11-7-9(13)3-1-5-15-6-2-4-10(14)8-12/h11-12H,1-8H2. The first-order valence-electron chi connectivity index (χ1n) is 5.03. The minimum Gasteiger partial charge on any atom is -0.389 e. The predicted molar refractivity (Wildman–Crippen MR) is 53.5 cm³/mol. The molecule has 2 N–H and O–H groups in total. The minimum atomic E-state index is -0.412. The Labute approximate surface area is 89.0 Å². The van der Waals surface area contributed by atoms with Crippen molar-refractivity contribution in [2.75, 3.05) is 26.4 Å². The highest BCUT2D eigenvalue weighted by atomic mass is 16.5. The molecule has 0 bridgehead atoms. The Morgan fingerprint density at radius 2 is 1.27 bits per heavy atom. The van der Waals surface area contributed by atoms with Crippen LogP contribution in [-0.4, -0.2) is 48.2 Å². The Morgan fingerprint density at radius 3 is 1.60 bits per heavy atom. The van der Waals surface area contributed by atoms with E-state index in [2.05, 4.69) is 0 Å². The summed E-state index contributed by atoms with van der Waals surface area (Å²) in [6, 6.07) is 0. The fourth-order valence-electron chi connectivity index (χ4n) is 1.00. The van der Waals surface area contributed by atoms with Crippen molar-refractivity contribution in [3.05, 3.63) is 0 Å². The molecule has 0 atom stereocenters. The largest absolute Gasteiger partial charge is 0.389 e. The summed E-state index contributed by atoms with van der Waals surface area (Å²) in [5.41, 5.74) is 0. The molecule has 0 saturated carbocycles. The van der Waals surface area contributed by atoms with Gasteiger partial charge in [0.15, 0.2) is 11.6 Å². The van der Waals surface area contributed by atoms with E-state index in [0.29, 0.717) is 38.9 Å². The van der Waals surface area contributed by atoms with Gasteiger partial charge >= 0.3 is 0 Å². The van der Waals surface area contributed by atoms with Crippen molar-refractivity contribution in [2.45, 2.75) is 25.7 Å². The van der Waals surface area contributed by atoms with Crippen LogP contribution in [0.25, 0.3) is 0 Å². The summed E-state index contributed by atoms with van der Waals surface area (Å²) in [4.78, 5) is 21.3. The number of aliphatic hydroxyl groups excluding tert-OH is 2. The number of hydrogen-bond donors (Lipinski definition) is 2. The monoisotopic (exact) mass is 218 g/mol. The van der Waals surface area contributed by atoms with Crippen LogP contribution in [0, 0.1) is 0 Å². The number of ether oxygens (including phenoxy) is 1. The second-order valence-corrected chi connectivity index (χ2v) is 3.21. The summed E-state index contributed by atoms with van der Waals surface area (Å²) in [5.74, 6) is -0.372. The second kappa shape index (κ2) is 9.76. The van der Waals surface area contributed by atoms with Gasteiger partial charge in [-0.1, -0.05) is 0 Å². The maximum absolute atomic E-state index is 10.7. The van der Waals surface area contributed by atoms with E-state index < -0.39 is 13.2 Å². The molecule has 0 radical (unpaired) electrons. The first-order chi connectivity index (χ1) is 7.20. The van der Waals surface area contributed by atoms with Gasteiger partial charge in [0.05, 0.1) is 0 Å². The topological polar surface area (TPSA) is 83.8 Å². The molecule has 0 spiro atoms. The molecular formula is C10H18O5.